The number of benzene rings is 3. The maximum absolute atomic E-state index is 10.7. The van der Waals surface area contributed by atoms with Gasteiger partial charge in [-0.05, 0) is 78.6 Å². The molecule has 0 saturated carbocycles. The van der Waals surface area contributed by atoms with Gasteiger partial charge in [0.1, 0.15) is 11.5 Å². The fraction of sp³-hybridized carbons (Fsp3) is 0.371. The fourth-order valence-electron chi connectivity index (χ4n) is 4.18. The Kier molecular flexibility index (Phi) is 14.1. The van der Waals surface area contributed by atoms with Crippen LogP contribution in [0.5, 0.6) is 5.75 Å². The minimum absolute atomic E-state index is 0.0920. The van der Waals surface area contributed by atoms with Crippen molar-refractivity contribution in [2.75, 3.05) is 0 Å². The standard InChI is InChI=1S/C27H26O2.2C3H8.C2H6/c1-17-7-10-20(11-8-17)27-23-14-12-21(19(3)28)16-22(23)5-4-6-25(27)24-13-9-18(2)15-26(24)29;2*1-3-2;1-2/h7-16,28-29H,3-6H2,1-2H3;2*3H2,1-2H3;1-2H3. The van der Waals surface area contributed by atoms with Crippen molar-refractivity contribution in [1.29, 1.82) is 0 Å². The molecular weight excluding hydrogens is 452 g/mol. The molecule has 37 heavy (non-hydrogen) atoms. The molecule has 3 aromatic rings. The first-order valence-corrected chi connectivity index (χ1v) is 13.9. The summed E-state index contributed by atoms with van der Waals surface area (Å²) in [6.45, 7) is 20.3. The molecule has 1 aliphatic rings. The first-order chi connectivity index (χ1) is 17.8. The maximum atomic E-state index is 10.7. The number of hydrogen-bond acceptors (Lipinski definition) is 2. The van der Waals surface area contributed by atoms with Crippen LogP contribution in [0.4, 0.5) is 0 Å². The molecule has 0 spiro atoms. The normalized spacial score (nSPS) is 11.9. The summed E-state index contributed by atoms with van der Waals surface area (Å²) in [4.78, 5) is 0. The van der Waals surface area contributed by atoms with Gasteiger partial charge in [0, 0.05) is 11.1 Å². The number of aliphatic hydroxyl groups is 1. The molecule has 0 radical (unpaired) electrons. The van der Waals surface area contributed by atoms with Crippen molar-refractivity contribution in [3.63, 3.8) is 0 Å². The molecule has 2 nitrogen and oxygen atoms in total. The van der Waals surface area contributed by atoms with Crippen LogP contribution in [0.15, 0.2) is 67.2 Å². The Balaban J connectivity index is 0.000000767. The Morgan fingerprint density at radius 2 is 1.30 bits per heavy atom. The molecule has 0 bridgehead atoms. The molecule has 2 heteroatoms. The average Bonchev–Trinajstić information content (AvgIpc) is 3.06. The lowest BCUT2D eigenvalue weighted by Gasteiger charge is -2.18. The lowest BCUT2D eigenvalue weighted by molar-refractivity contribution is 0.473. The number of phenols is 1. The van der Waals surface area contributed by atoms with Gasteiger partial charge >= 0.3 is 0 Å². The van der Waals surface area contributed by atoms with E-state index in [-0.39, 0.29) is 5.76 Å². The third kappa shape index (κ3) is 8.97. The highest BCUT2D eigenvalue weighted by Crippen LogP contribution is 2.42. The molecule has 4 rings (SSSR count). The molecule has 0 aromatic heterocycles. The van der Waals surface area contributed by atoms with Gasteiger partial charge in [0.15, 0.2) is 0 Å². The van der Waals surface area contributed by atoms with E-state index in [4.69, 9.17) is 0 Å². The molecule has 200 valence electrons. The zero-order chi connectivity index (χ0) is 28.0. The maximum Gasteiger partial charge on any atom is 0.123 e. The predicted molar refractivity (Wildman–Crippen MR) is 164 cm³/mol. The zero-order valence-corrected chi connectivity index (χ0v) is 24.4. The van der Waals surface area contributed by atoms with Crippen LogP contribution >= 0.6 is 0 Å². The number of aryl methyl sites for hydroxylation is 3. The number of rotatable bonds is 3. The zero-order valence-electron chi connectivity index (χ0n) is 24.4. The lowest BCUT2D eigenvalue weighted by Crippen LogP contribution is -1.98. The number of fused-ring (bicyclic) bond motifs is 1. The first-order valence-electron chi connectivity index (χ1n) is 13.9. The molecular formula is C35H48O2. The van der Waals surface area contributed by atoms with Crippen LogP contribution in [0, 0.1) is 13.8 Å². The van der Waals surface area contributed by atoms with Gasteiger partial charge < -0.3 is 10.2 Å². The van der Waals surface area contributed by atoms with Crippen molar-refractivity contribution in [3.8, 4) is 5.75 Å². The summed E-state index contributed by atoms with van der Waals surface area (Å²) in [6, 6.07) is 20.5. The van der Waals surface area contributed by atoms with Gasteiger partial charge in [0.2, 0.25) is 0 Å². The molecule has 3 aromatic carbocycles. The second kappa shape index (κ2) is 16.5. The number of allylic oxidation sites excluding steroid dienone is 1. The largest absolute Gasteiger partial charge is 0.508 e. The van der Waals surface area contributed by atoms with Crippen LogP contribution in [-0.4, -0.2) is 10.2 Å². The van der Waals surface area contributed by atoms with E-state index < -0.39 is 0 Å². The molecule has 0 unspecified atom stereocenters. The van der Waals surface area contributed by atoms with Crippen LogP contribution in [0.25, 0.3) is 16.9 Å². The molecule has 0 atom stereocenters. The van der Waals surface area contributed by atoms with E-state index in [2.05, 4.69) is 77.6 Å². The van der Waals surface area contributed by atoms with Gasteiger partial charge in [-0.2, -0.15) is 0 Å². The number of aliphatic hydroxyl groups excluding tert-OH is 1. The van der Waals surface area contributed by atoms with Crippen LogP contribution in [0.3, 0.4) is 0 Å². The Labute approximate surface area is 226 Å². The van der Waals surface area contributed by atoms with Gasteiger partial charge in [-0.25, -0.2) is 0 Å². The molecule has 2 N–H and O–H groups in total. The van der Waals surface area contributed by atoms with Crippen molar-refractivity contribution >= 4 is 16.9 Å². The van der Waals surface area contributed by atoms with Gasteiger partial charge in [-0.1, -0.05) is 115 Å². The van der Waals surface area contributed by atoms with Gasteiger partial charge in [-0.3, -0.25) is 0 Å². The lowest BCUT2D eigenvalue weighted by atomic mass is 9.86. The van der Waals surface area contributed by atoms with E-state index in [9.17, 15) is 10.2 Å². The van der Waals surface area contributed by atoms with E-state index in [1.807, 2.05) is 45.0 Å². The van der Waals surface area contributed by atoms with Crippen LogP contribution in [0.2, 0.25) is 0 Å². The van der Waals surface area contributed by atoms with Gasteiger partial charge in [-0.15, -0.1) is 0 Å². The Morgan fingerprint density at radius 1 is 0.757 bits per heavy atom. The van der Waals surface area contributed by atoms with Crippen molar-refractivity contribution in [1.82, 2.24) is 0 Å². The Bertz CT molecular complexity index is 1150. The molecule has 0 aliphatic heterocycles. The van der Waals surface area contributed by atoms with E-state index >= 15 is 0 Å². The first kappa shape index (κ1) is 31.8. The quantitative estimate of drug-likeness (QED) is 0.351. The highest BCUT2D eigenvalue weighted by atomic mass is 16.3. The number of aromatic hydroxyl groups is 1. The molecule has 0 fully saturated rings. The summed E-state index contributed by atoms with van der Waals surface area (Å²) in [5.74, 6) is 0.419. The number of hydrogen-bond donors (Lipinski definition) is 2. The minimum Gasteiger partial charge on any atom is -0.508 e. The van der Waals surface area contributed by atoms with E-state index in [0.717, 1.165) is 52.7 Å². The summed E-state index contributed by atoms with van der Waals surface area (Å²) >= 11 is 0. The average molecular weight is 501 g/mol. The van der Waals surface area contributed by atoms with Crippen molar-refractivity contribution < 1.29 is 10.2 Å². The smallest absolute Gasteiger partial charge is 0.123 e. The minimum atomic E-state index is 0.0920. The van der Waals surface area contributed by atoms with E-state index in [0.29, 0.717) is 5.75 Å². The predicted octanol–water partition coefficient (Wildman–Crippen LogP) is 10.7. The molecule has 1 aliphatic carbocycles. The Hall–Kier alpha value is -3.26. The van der Waals surface area contributed by atoms with Crippen molar-refractivity contribution in [2.45, 2.75) is 87.5 Å². The summed E-state index contributed by atoms with van der Waals surface area (Å²) < 4.78 is 0. The second-order valence-electron chi connectivity index (χ2n) is 9.33. The van der Waals surface area contributed by atoms with Gasteiger partial charge in [0.25, 0.3) is 0 Å². The summed E-state index contributed by atoms with van der Waals surface area (Å²) in [7, 11) is 0. The highest BCUT2D eigenvalue weighted by molar-refractivity contribution is 6.01. The molecule has 0 heterocycles. The summed E-state index contributed by atoms with van der Waals surface area (Å²) in [5.41, 5.74) is 9.75. The highest BCUT2D eigenvalue weighted by Gasteiger charge is 2.22. The van der Waals surface area contributed by atoms with Crippen LogP contribution in [0.1, 0.15) is 106 Å². The second-order valence-corrected chi connectivity index (χ2v) is 9.33. The Morgan fingerprint density at radius 3 is 1.84 bits per heavy atom. The topological polar surface area (TPSA) is 40.5 Å². The van der Waals surface area contributed by atoms with Crippen LogP contribution < -0.4 is 0 Å². The summed E-state index contributed by atoms with van der Waals surface area (Å²) in [6.07, 6.45) is 5.28. The SMILES string of the molecule is C=C(O)c1ccc2c(c1)CCCC(c1ccc(C)cc1O)=C2c1ccc(C)cc1.CC.CCC.CCC. The third-order valence-corrected chi connectivity index (χ3v) is 5.70. The van der Waals surface area contributed by atoms with Crippen LogP contribution in [-0.2, 0) is 6.42 Å². The molecule has 0 amide bonds. The van der Waals surface area contributed by atoms with Gasteiger partial charge in [0.05, 0.1) is 0 Å². The molecule has 0 saturated heterocycles. The summed E-state index contributed by atoms with van der Waals surface area (Å²) in [5, 5.41) is 20.6. The van der Waals surface area contributed by atoms with Crippen molar-refractivity contribution in [2.24, 2.45) is 0 Å². The van der Waals surface area contributed by atoms with E-state index in [1.54, 1.807) is 0 Å². The van der Waals surface area contributed by atoms with Crippen molar-refractivity contribution in [3.05, 3.63) is 106 Å². The van der Waals surface area contributed by atoms with E-state index in [1.165, 1.54) is 29.5 Å². The third-order valence-electron chi connectivity index (χ3n) is 5.70. The fourth-order valence-corrected chi connectivity index (χ4v) is 4.18. The number of phenolic OH excluding ortho intramolecular Hbond substituents is 1. The monoisotopic (exact) mass is 500 g/mol.